The fourth-order valence-electron chi connectivity index (χ4n) is 0.857. The Morgan fingerprint density at radius 3 is 1.38 bits per heavy atom. The van der Waals surface area contributed by atoms with Crippen molar-refractivity contribution in [3.05, 3.63) is 0 Å². The monoisotopic (exact) mass is 152 g/mol. The summed E-state index contributed by atoms with van der Waals surface area (Å²) in [7, 11) is 0. The Hall–Kier alpha value is 0.580. The zero-order valence-electron chi connectivity index (χ0n) is 5.33. The van der Waals surface area contributed by atoms with Gasteiger partial charge in [-0.1, -0.05) is 13.8 Å². The maximum Gasteiger partial charge on any atom is 0.0653 e. The van der Waals surface area contributed by atoms with Gasteiger partial charge >= 0.3 is 0 Å². The molecular formula is C6H10Cl2. The van der Waals surface area contributed by atoms with Crippen LogP contribution in [0, 0.1) is 5.41 Å². The summed E-state index contributed by atoms with van der Waals surface area (Å²) in [6.45, 7) is 6.14. The number of hydrogen-bond donors (Lipinski definition) is 0. The summed E-state index contributed by atoms with van der Waals surface area (Å²) in [5.74, 6) is 0. The molecule has 0 aromatic carbocycles. The number of rotatable bonds is 0. The van der Waals surface area contributed by atoms with E-state index >= 15 is 0 Å². The van der Waals surface area contributed by atoms with Gasteiger partial charge in [-0.25, -0.2) is 0 Å². The molecule has 1 aliphatic carbocycles. The number of halogens is 2. The standard InChI is InChI=1S/C6H10Cl2/c1-5(2)4(7)6(5,3)8/h4H,1-3H3. The average molecular weight is 153 g/mol. The predicted molar refractivity (Wildman–Crippen MR) is 37.7 cm³/mol. The van der Waals surface area contributed by atoms with Crippen LogP contribution in [-0.4, -0.2) is 10.3 Å². The van der Waals surface area contributed by atoms with E-state index in [1.807, 2.05) is 6.92 Å². The Balaban J connectivity index is 2.72. The molecule has 0 nitrogen and oxygen atoms in total. The van der Waals surface area contributed by atoms with Crippen molar-refractivity contribution in [3.8, 4) is 0 Å². The van der Waals surface area contributed by atoms with Crippen LogP contribution in [0.5, 0.6) is 0 Å². The highest BCUT2D eigenvalue weighted by Gasteiger charge is 2.66. The van der Waals surface area contributed by atoms with Gasteiger partial charge in [0.2, 0.25) is 0 Å². The first-order chi connectivity index (χ1) is 3.40. The molecule has 0 bridgehead atoms. The van der Waals surface area contributed by atoms with Gasteiger partial charge in [0.25, 0.3) is 0 Å². The van der Waals surface area contributed by atoms with E-state index < -0.39 is 0 Å². The molecule has 1 fully saturated rings. The van der Waals surface area contributed by atoms with Gasteiger partial charge in [0.1, 0.15) is 0 Å². The summed E-state index contributed by atoms with van der Waals surface area (Å²) in [6.07, 6.45) is 0. The largest absolute Gasteiger partial charge is 0.120 e. The highest BCUT2D eigenvalue weighted by atomic mass is 35.5. The van der Waals surface area contributed by atoms with Gasteiger partial charge < -0.3 is 0 Å². The van der Waals surface area contributed by atoms with E-state index in [2.05, 4.69) is 13.8 Å². The minimum absolute atomic E-state index is 0.135. The molecule has 2 atom stereocenters. The summed E-state index contributed by atoms with van der Waals surface area (Å²) in [5, 5.41) is 0.150. The second-order valence-corrected chi connectivity index (χ2v) is 4.38. The topological polar surface area (TPSA) is 0 Å². The molecule has 1 aliphatic rings. The molecule has 0 radical (unpaired) electrons. The molecule has 0 saturated heterocycles. The molecule has 2 heteroatoms. The Bertz CT molecular complexity index is 102. The van der Waals surface area contributed by atoms with Crippen molar-refractivity contribution < 1.29 is 0 Å². The lowest BCUT2D eigenvalue weighted by Gasteiger charge is -2.00. The van der Waals surface area contributed by atoms with Crippen molar-refractivity contribution in [1.29, 1.82) is 0 Å². The van der Waals surface area contributed by atoms with Gasteiger partial charge in [-0.05, 0) is 6.92 Å². The van der Waals surface area contributed by atoms with Crippen molar-refractivity contribution in [2.45, 2.75) is 31.0 Å². The van der Waals surface area contributed by atoms with Crippen molar-refractivity contribution in [2.75, 3.05) is 0 Å². The molecular weight excluding hydrogens is 143 g/mol. The van der Waals surface area contributed by atoms with E-state index in [0.717, 1.165) is 0 Å². The first-order valence-corrected chi connectivity index (χ1v) is 3.55. The van der Waals surface area contributed by atoms with Gasteiger partial charge in [-0.15, -0.1) is 23.2 Å². The molecule has 0 aromatic heterocycles. The van der Waals surface area contributed by atoms with Crippen LogP contribution >= 0.6 is 23.2 Å². The Kier molecular flexibility index (Phi) is 1.13. The molecule has 0 amide bonds. The third-order valence-corrected chi connectivity index (χ3v) is 4.09. The van der Waals surface area contributed by atoms with Crippen LogP contribution in [0.3, 0.4) is 0 Å². The molecule has 0 aromatic rings. The van der Waals surface area contributed by atoms with Gasteiger partial charge in [0.15, 0.2) is 0 Å². The summed E-state index contributed by atoms with van der Waals surface area (Å²) in [4.78, 5) is -0.158. The first-order valence-electron chi connectivity index (χ1n) is 2.73. The van der Waals surface area contributed by atoms with Gasteiger partial charge in [0.05, 0.1) is 10.3 Å². The van der Waals surface area contributed by atoms with E-state index in [1.54, 1.807) is 0 Å². The predicted octanol–water partition coefficient (Wildman–Crippen LogP) is 2.63. The Labute approximate surface area is 60.2 Å². The lowest BCUT2D eigenvalue weighted by Crippen LogP contribution is -1.99. The first kappa shape index (κ1) is 6.70. The zero-order valence-corrected chi connectivity index (χ0v) is 6.85. The summed E-state index contributed by atoms with van der Waals surface area (Å²) in [5.41, 5.74) is 0.135. The molecule has 48 valence electrons. The molecule has 2 unspecified atom stereocenters. The highest BCUT2D eigenvalue weighted by molar-refractivity contribution is 6.38. The fraction of sp³-hybridized carbons (Fsp3) is 1.00. The molecule has 0 aliphatic heterocycles. The quantitative estimate of drug-likeness (QED) is 0.469. The van der Waals surface area contributed by atoms with E-state index in [-0.39, 0.29) is 15.7 Å². The molecule has 1 rings (SSSR count). The minimum atomic E-state index is -0.158. The van der Waals surface area contributed by atoms with E-state index in [1.165, 1.54) is 0 Å². The second-order valence-electron chi connectivity index (χ2n) is 3.16. The molecule has 0 spiro atoms. The van der Waals surface area contributed by atoms with E-state index in [0.29, 0.717) is 0 Å². The van der Waals surface area contributed by atoms with Crippen LogP contribution in [0.25, 0.3) is 0 Å². The third-order valence-electron chi connectivity index (χ3n) is 2.29. The fourth-order valence-corrected chi connectivity index (χ4v) is 1.69. The van der Waals surface area contributed by atoms with E-state index in [4.69, 9.17) is 23.2 Å². The maximum atomic E-state index is 5.95. The summed E-state index contributed by atoms with van der Waals surface area (Å²) in [6, 6.07) is 0. The van der Waals surface area contributed by atoms with Crippen LogP contribution < -0.4 is 0 Å². The minimum Gasteiger partial charge on any atom is -0.120 e. The van der Waals surface area contributed by atoms with Gasteiger partial charge in [0, 0.05) is 5.41 Å². The van der Waals surface area contributed by atoms with Gasteiger partial charge in [-0.2, -0.15) is 0 Å². The van der Waals surface area contributed by atoms with E-state index in [9.17, 15) is 0 Å². The lowest BCUT2D eigenvalue weighted by atomic mass is 10.1. The Morgan fingerprint density at radius 2 is 1.38 bits per heavy atom. The normalized spacial score (nSPS) is 51.4. The second kappa shape index (κ2) is 1.35. The van der Waals surface area contributed by atoms with Crippen molar-refractivity contribution in [1.82, 2.24) is 0 Å². The molecule has 0 heterocycles. The lowest BCUT2D eigenvalue weighted by molar-refractivity contribution is 0.604. The van der Waals surface area contributed by atoms with Crippen molar-refractivity contribution in [3.63, 3.8) is 0 Å². The molecule has 0 N–H and O–H groups in total. The van der Waals surface area contributed by atoms with Crippen LogP contribution in [0.15, 0.2) is 0 Å². The summed E-state index contributed by atoms with van der Waals surface area (Å²) < 4.78 is 0. The summed E-state index contributed by atoms with van der Waals surface area (Å²) >= 11 is 11.8. The van der Waals surface area contributed by atoms with Crippen molar-refractivity contribution in [2.24, 2.45) is 5.41 Å². The Morgan fingerprint density at radius 1 is 1.25 bits per heavy atom. The van der Waals surface area contributed by atoms with Gasteiger partial charge in [-0.3, -0.25) is 0 Å². The average Bonchev–Trinajstić information content (AvgIpc) is 1.88. The molecule has 1 saturated carbocycles. The van der Waals surface area contributed by atoms with Crippen LogP contribution in [0.1, 0.15) is 20.8 Å². The van der Waals surface area contributed by atoms with Crippen LogP contribution in [0.2, 0.25) is 0 Å². The smallest absolute Gasteiger partial charge is 0.0653 e. The maximum absolute atomic E-state index is 5.95. The number of hydrogen-bond acceptors (Lipinski definition) is 0. The third kappa shape index (κ3) is 0.534. The molecule has 8 heavy (non-hydrogen) atoms. The van der Waals surface area contributed by atoms with Crippen LogP contribution in [0.4, 0.5) is 0 Å². The van der Waals surface area contributed by atoms with Crippen molar-refractivity contribution >= 4 is 23.2 Å². The highest BCUT2D eigenvalue weighted by Crippen LogP contribution is 2.63. The SMILES string of the molecule is CC1(C)C(Cl)C1(C)Cl. The number of alkyl halides is 2. The van der Waals surface area contributed by atoms with Crippen LogP contribution in [-0.2, 0) is 0 Å². The zero-order chi connectivity index (χ0) is 6.58.